The lowest BCUT2D eigenvalue weighted by Gasteiger charge is -2.23. The first-order chi connectivity index (χ1) is 16.6. The summed E-state index contributed by atoms with van der Waals surface area (Å²) in [6, 6.07) is 11.6. The summed E-state index contributed by atoms with van der Waals surface area (Å²) in [5.41, 5.74) is 2.31. The Balaban J connectivity index is 1.48. The highest BCUT2D eigenvalue weighted by atomic mass is 35.5. The topological polar surface area (TPSA) is 55.6 Å². The van der Waals surface area contributed by atoms with Crippen molar-refractivity contribution in [1.29, 1.82) is 0 Å². The van der Waals surface area contributed by atoms with Gasteiger partial charge in [0.05, 0.1) is 11.2 Å². The standard InChI is InChI=1S/C26H26ClF2N5/c27-20-5-2-1-4-18(20)25-32-23-16-31-24(9-8-19-21(28)6-3-7-22(19)29)33-26(23)34(25)15-12-17-10-13-30-14-11-17/h1-7,16-17,30H,8-15H2. The van der Waals surface area contributed by atoms with E-state index in [0.29, 0.717) is 28.7 Å². The molecule has 1 fully saturated rings. The van der Waals surface area contributed by atoms with Gasteiger partial charge in [0.15, 0.2) is 5.65 Å². The Morgan fingerprint density at radius 2 is 1.74 bits per heavy atom. The van der Waals surface area contributed by atoms with Crippen LogP contribution in [0.5, 0.6) is 0 Å². The molecule has 1 aliphatic heterocycles. The van der Waals surface area contributed by atoms with Crippen LogP contribution >= 0.6 is 11.6 Å². The molecule has 4 aromatic rings. The summed E-state index contributed by atoms with van der Waals surface area (Å²) in [7, 11) is 0. The monoisotopic (exact) mass is 481 g/mol. The van der Waals surface area contributed by atoms with Crippen molar-refractivity contribution in [2.75, 3.05) is 13.1 Å². The molecular weight excluding hydrogens is 456 g/mol. The van der Waals surface area contributed by atoms with E-state index in [4.69, 9.17) is 21.6 Å². The highest BCUT2D eigenvalue weighted by Gasteiger charge is 2.20. The van der Waals surface area contributed by atoms with E-state index in [1.54, 1.807) is 6.20 Å². The maximum absolute atomic E-state index is 14.1. The third kappa shape index (κ3) is 4.81. The zero-order chi connectivity index (χ0) is 23.5. The molecule has 0 bridgehead atoms. The van der Waals surface area contributed by atoms with Gasteiger partial charge in [-0.1, -0.05) is 29.8 Å². The lowest BCUT2D eigenvalue weighted by Crippen LogP contribution is -2.28. The van der Waals surface area contributed by atoms with Gasteiger partial charge in [0.2, 0.25) is 0 Å². The van der Waals surface area contributed by atoms with Gasteiger partial charge in [-0.05, 0) is 69.0 Å². The van der Waals surface area contributed by atoms with Gasteiger partial charge < -0.3 is 9.88 Å². The van der Waals surface area contributed by atoms with Gasteiger partial charge in [0.1, 0.15) is 28.8 Å². The van der Waals surface area contributed by atoms with Crippen molar-refractivity contribution in [1.82, 2.24) is 24.8 Å². The number of nitrogens with one attached hydrogen (secondary N) is 1. The van der Waals surface area contributed by atoms with E-state index in [-0.39, 0.29) is 12.0 Å². The summed E-state index contributed by atoms with van der Waals surface area (Å²) in [6.07, 6.45) is 5.53. The SMILES string of the molecule is Fc1cccc(F)c1CCc1ncc2nc(-c3ccccc3Cl)n(CCC3CCNCC3)c2n1. The van der Waals surface area contributed by atoms with Crippen LogP contribution in [0.15, 0.2) is 48.7 Å². The zero-order valence-corrected chi connectivity index (χ0v) is 19.5. The van der Waals surface area contributed by atoms with Gasteiger partial charge in [-0.25, -0.2) is 23.7 Å². The van der Waals surface area contributed by atoms with Crippen molar-refractivity contribution in [3.63, 3.8) is 0 Å². The molecule has 1 N–H and O–H groups in total. The summed E-state index contributed by atoms with van der Waals surface area (Å²) in [5.74, 6) is 0.844. The molecule has 5 rings (SSSR count). The minimum absolute atomic E-state index is 0.0577. The molecule has 176 valence electrons. The van der Waals surface area contributed by atoms with Gasteiger partial charge >= 0.3 is 0 Å². The Morgan fingerprint density at radius 3 is 2.50 bits per heavy atom. The fourth-order valence-corrected chi connectivity index (χ4v) is 4.84. The molecule has 1 saturated heterocycles. The van der Waals surface area contributed by atoms with Crippen molar-refractivity contribution in [3.05, 3.63) is 76.7 Å². The second kappa shape index (κ2) is 10.2. The number of nitrogens with zero attached hydrogens (tertiary/aromatic N) is 4. The minimum atomic E-state index is -0.547. The fourth-order valence-electron chi connectivity index (χ4n) is 4.62. The summed E-state index contributed by atoms with van der Waals surface area (Å²) in [5, 5.41) is 4.04. The zero-order valence-electron chi connectivity index (χ0n) is 18.8. The lowest BCUT2D eigenvalue weighted by molar-refractivity contribution is 0.339. The van der Waals surface area contributed by atoms with E-state index in [0.717, 1.165) is 55.9 Å². The Labute approximate surface area is 202 Å². The summed E-state index contributed by atoms with van der Waals surface area (Å²) in [6.45, 7) is 2.86. The quantitative estimate of drug-likeness (QED) is 0.373. The highest BCUT2D eigenvalue weighted by Crippen LogP contribution is 2.31. The average molecular weight is 482 g/mol. The number of aryl methyl sites for hydroxylation is 2. The Morgan fingerprint density at radius 1 is 0.971 bits per heavy atom. The summed E-state index contributed by atoms with van der Waals surface area (Å²) in [4.78, 5) is 14.0. The van der Waals surface area contributed by atoms with E-state index < -0.39 is 11.6 Å². The number of piperidine rings is 1. The Bertz CT molecular complexity index is 1280. The first kappa shape index (κ1) is 22.9. The number of rotatable bonds is 7. The van der Waals surface area contributed by atoms with Crippen molar-refractivity contribution < 1.29 is 8.78 Å². The van der Waals surface area contributed by atoms with Crippen LogP contribution < -0.4 is 5.32 Å². The van der Waals surface area contributed by atoms with E-state index >= 15 is 0 Å². The molecule has 0 amide bonds. The molecule has 3 heterocycles. The molecule has 0 atom stereocenters. The van der Waals surface area contributed by atoms with Crippen LogP contribution in [0.25, 0.3) is 22.6 Å². The van der Waals surface area contributed by atoms with Crippen LogP contribution in [-0.4, -0.2) is 32.6 Å². The first-order valence-electron chi connectivity index (χ1n) is 11.7. The second-order valence-electron chi connectivity index (χ2n) is 8.74. The van der Waals surface area contributed by atoms with E-state index in [9.17, 15) is 8.78 Å². The first-order valence-corrected chi connectivity index (χ1v) is 12.1. The molecule has 8 heteroatoms. The van der Waals surface area contributed by atoms with Gasteiger partial charge in [0, 0.05) is 24.1 Å². The molecule has 0 aliphatic carbocycles. The van der Waals surface area contributed by atoms with Crippen LogP contribution in [0.1, 0.15) is 30.7 Å². The molecule has 2 aromatic heterocycles. The Hall–Kier alpha value is -2.90. The number of hydrogen-bond acceptors (Lipinski definition) is 4. The molecule has 1 aliphatic rings. The molecule has 0 radical (unpaired) electrons. The number of imidazole rings is 1. The van der Waals surface area contributed by atoms with Gasteiger partial charge in [-0.2, -0.15) is 0 Å². The molecule has 5 nitrogen and oxygen atoms in total. The second-order valence-corrected chi connectivity index (χ2v) is 9.15. The number of benzene rings is 2. The third-order valence-corrected chi connectivity index (χ3v) is 6.86. The molecule has 0 unspecified atom stereocenters. The number of fused-ring (bicyclic) bond motifs is 1. The van der Waals surface area contributed by atoms with Gasteiger partial charge in [-0.15, -0.1) is 0 Å². The normalized spacial score (nSPS) is 14.7. The van der Waals surface area contributed by atoms with E-state index in [2.05, 4.69) is 14.9 Å². The van der Waals surface area contributed by atoms with Crippen LogP contribution in [0.2, 0.25) is 5.02 Å². The molecular formula is C26H26ClF2N5. The van der Waals surface area contributed by atoms with Crippen molar-refractivity contribution in [2.24, 2.45) is 5.92 Å². The lowest BCUT2D eigenvalue weighted by atomic mass is 9.95. The molecule has 2 aromatic carbocycles. The predicted molar refractivity (Wildman–Crippen MR) is 130 cm³/mol. The fraction of sp³-hybridized carbons (Fsp3) is 0.346. The maximum Gasteiger partial charge on any atom is 0.164 e. The molecule has 34 heavy (non-hydrogen) atoms. The molecule has 0 saturated carbocycles. The summed E-state index contributed by atoms with van der Waals surface area (Å²) < 4.78 is 30.2. The van der Waals surface area contributed by atoms with E-state index in [1.165, 1.54) is 18.2 Å². The van der Waals surface area contributed by atoms with E-state index in [1.807, 2.05) is 24.3 Å². The Kier molecular flexibility index (Phi) is 6.83. The predicted octanol–water partition coefficient (Wildman–Crippen LogP) is 5.60. The summed E-state index contributed by atoms with van der Waals surface area (Å²) >= 11 is 6.52. The van der Waals surface area contributed by atoms with Crippen LogP contribution in [0, 0.1) is 17.6 Å². The third-order valence-electron chi connectivity index (χ3n) is 6.53. The minimum Gasteiger partial charge on any atom is -0.317 e. The van der Waals surface area contributed by atoms with Crippen molar-refractivity contribution >= 4 is 22.8 Å². The smallest absolute Gasteiger partial charge is 0.164 e. The van der Waals surface area contributed by atoms with Gasteiger partial charge in [0.25, 0.3) is 0 Å². The van der Waals surface area contributed by atoms with Crippen molar-refractivity contribution in [3.8, 4) is 11.4 Å². The van der Waals surface area contributed by atoms with Crippen LogP contribution in [-0.2, 0) is 19.4 Å². The largest absolute Gasteiger partial charge is 0.317 e. The highest BCUT2D eigenvalue weighted by molar-refractivity contribution is 6.33. The molecule has 0 spiro atoms. The van der Waals surface area contributed by atoms with Crippen LogP contribution in [0.3, 0.4) is 0 Å². The number of aromatic nitrogens is 4. The number of halogens is 3. The van der Waals surface area contributed by atoms with Crippen LogP contribution in [0.4, 0.5) is 8.78 Å². The average Bonchev–Trinajstić information content (AvgIpc) is 3.21. The van der Waals surface area contributed by atoms with Crippen molar-refractivity contribution in [2.45, 2.75) is 38.6 Å². The number of hydrogen-bond donors (Lipinski definition) is 1. The maximum atomic E-state index is 14.1. The van der Waals surface area contributed by atoms with Gasteiger partial charge in [-0.3, -0.25) is 0 Å².